The van der Waals surface area contributed by atoms with Gasteiger partial charge in [-0.15, -0.1) is 0 Å². The SMILES string of the molecule is CNC(=O)c1cc(NCC(C)C(C)C)ccn1. The van der Waals surface area contributed by atoms with Crippen molar-refractivity contribution in [3.8, 4) is 0 Å². The van der Waals surface area contributed by atoms with Crippen LogP contribution in [0.25, 0.3) is 0 Å². The van der Waals surface area contributed by atoms with Crippen LogP contribution in [0.15, 0.2) is 18.3 Å². The normalized spacial score (nSPS) is 12.3. The van der Waals surface area contributed by atoms with Gasteiger partial charge in [0, 0.05) is 25.5 Å². The summed E-state index contributed by atoms with van der Waals surface area (Å²) >= 11 is 0. The number of amides is 1. The van der Waals surface area contributed by atoms with Crippen molar-refractivity contribution in [1.82, 2.24) is 10.3 Å². The van der Waals surface area contributed by atoms with Gasteiger partial charge in [-0.25, -0.2) is 0 Å². The molecule has 0 aliphatic carbocycles. The predicted molar refractivity (Wildman–Crippen MR) is 70.1 cm³/mol. The highest BCUT2D eigenvalue weighted by atomic mass is 16.1. The fourth-order valence-corrected chi connectivity index (χ4v) is 1.31. The Kier molecular flexibility index (Phi) is 4.94. The summed E-state index contributed by atoms with van der Waals surface area (Å²) in [6.45, 7) is 7.51. The molecule has 1 unspecified atom stereocenters. The first kappa shape index (κ1) is 13.5. The molecule has 1 aromatic heterocycles. The molecule has 0 radical (unpaired) electrons. The highest BCUT2D eigenvalue weighted by Gasteiger charge is 2.08. The van der Waals surface area contributed by atoms with Crippen LogP contribution in [0.1, 0.15) is 31.3 Å². The molecule has 0 fully saturated rings. The van der Waals surface area contributed by atoms with Crippen molar-refractivity contribution in [2.75, 3.05) is 18.9 Å². The standard InChI is InChI=1S/C13H21N3O/c1-9(2)10(3)8-16-11-5-6-15-12(7-11)13(17)14-4/h5-7,9-10H,8H2,1-4H3,(H,14,17)(H,15,16). The van der Waals surface area contributed by atoms with Crippen molar-refractivity contribution in [2.45, 2.75) is 20.8 Å². The first-order valence-electron chi connectivity index (χ1n) is 5.96. The molecule has 94 valence electrons. The summed E-state index contributed by atoms with van der Waals surface area (Å²) in [4.78, 5) is 15.4. The van der Waals surface area contributed by atoms with Crippen molar-refractivity contribution in [1.29, 1.82) is 0 Å². The van der Waals surface area contributed by atoms with Crippen LogP contribution in [0, 0.1) is 11.8 Å². The fourth-order valence-electron chi connectivity index (χ4n) is 1.31. The van der Waals surface area contributed by atoms with Gasteiger partial charge in [0.15, 0.2) is 0 Å². The van der Waals surface area contributed by atoms with E-state index in [4.69, 9.17) is 0 Å². The van der Waals surface area contributed by atoms with Crippen molar-refractivity contribution >= 4 is 11.6 Å². The third-order valence-corrected chi connectivity index (χ3v) is 2.99. The molecule has 4 heteroatoms. The Bertz CT molecular complexity index is 377. The topological polar surface area (TPSA) is 54.0 Å². The zero-order valence-electron chi connectivity index (χ0n) is 10.9. The van der Waals surface area contributed by atoms with Crippen LogP contribution < -0.4 is 10.6 Å². The van der Waals surface area contributed by atoms with E-state index in [1.54, 1.807) is 19.3 Å². The summed E-state index contributed by atoms with van der Waals surface area (Å²) in [5.41, 5.74) is 1.38. The van der Waals surface area contributed by atoms with Gasteiger partial charge >= 0.3 is 0 Å². The maximum Gasteiger partial charge on any atom is 0.269 e. The second-order valence-electron chi connectivity index (χ2n) is 4.61. The molecule has 0 saturated heterocycles. The number of carbonyl (C=O) groups excluding carboxylic acids is 1. The number of nitrogens with one attached hydrogen (secondary N) is 2. The summed E-state index contributed by atoms with van der Waals surface area (Å²) in [6, 6.07) is 3.64. The molecular formula is C13H21N3O. The number of hydrogen-bond donors (Lipinski definition) is 2. The molecule has 0 saturated carbocycles. The number of pyridine rings is 1. The maximum atomic E-state index is 11.4. The largest absolute Gasteiger partial charge is 0.385 e. The Hall–Kier alpha value is -1.58. The van der Waals surface area contributed by atoms with E-state index in [0.717, 1.165) is 12.2 Å². The summed E-state index contributed by atoms with van der Waals surface area (Å²) in [7, 11) is 1.60. The Balaban J connectivity index is 2.63. The average molecular weight is 235 g/mol. The average Bonchev–Trinajstić information content (AvgIpc) is 2.35. The maximum absolute atomic E-state index is 11.4. The molecule has 17 heavy (non-hydrogen) atoms. The number of aromatic nitrogens is 1. The third-order valence-electron chi connectivity index (χ3n) is 2.99. The number of nitrogens with zero attached hydrogens (tertiary/aromatic N) is 1. The Morgan fingerprint density at radius 2 is 2.12 bits per heavy atom. The highest BCUT2D eigenvalue weighted by Crippen LogP contribution is 2.13. The number of rotatable bonds is 5. The Morgan fingerprint density at radius 3 is 2.71 bits per heavy atom. The molecule has 4 nitrogen and oxygen atoms in total. The molecule has 2 N–H and O–H groups in total. The summed E-state index contributed by atoms with van der Waals surface area (Å²) in [5.74, 6) is 1.07. The van der Waals surface area contributed by atoms with E-state index in [1.165, 1.54) is 0 Å². The monoisotopic (exact) mass is 235 g/mol. The first-order valence-corrected chi connectivity index (χ1v) is 5.96. The minimum absolute atomic E-state index is 0.162. The minimum Gasteiger partial charge on any atom is -0.385 e. The second-order valence-corrected chi connectivity index (χ2v) is 4.61. The zero-order chi connectivity index (χ0) is 12.8. The molecule has 0 aliphatic heterocycles. The van der Waals surface area contributed by atoms with Gasteiger partial charge < -0.3 is 10.6 Å². The third kappa shape index (κ3) is 4.06. The van der Waals surface area contributed by atoms with Crippen molar-refractivity contribution in [3.63, 3.8) is 0 Å². The van der Waals surface area contributed by atoms with Gasteiger partial charge in [-0.1, -0.05) is 20.8 Å². The van der Waals surface area contributed by atoms with Gasteiger partial charge in [-0.05, 0) is 24.0 Å². The lowest BCUT2D eigenvalue weighted by Crippen LogP contribution is -2.20. The van der Waals surface area contributed by atoms with Crippen LogP contribution in [-0.4, -0.2) is 24.5 Å². The molecule has 1 atom stereocenters. The quantitative estimate of drug-likeness (QED) is 0.822. The van der Waals surface area contributed by atoms with E-state index in [0.29, 0.717) is 17.5 Å². The lowest BCUT2D eigenvalue weighted by Gasteiger charge is -2.17. The molecule has 1 rings (SSSR count). The van der Waals surface area contributed by atoms with Gasteiger partial charge in [0.25, 0.3) is 5.91 Å². The van der Waals surface area contributed by atoms with Crippen LogP contribution >= 0.6 is 0 Å². The van der Waals surface area contributed by atoms with Crippen LogP contribution in [0.4, 0.5) is 5.69 Å². The van der Waals surface area contributed by atoms with Gasteiger partial charge in [-0.2, -0.15) is 0 Å². The van der Waals surface area contributed by atoms with Crippen molar-refractivity contribution in [3.05, 3.63) is 24.0 Å². The highest BCUT2D eigenvalue weighted by molar-refractivity contribution is 5.92. The molecule has 1 amide bonds. The second kappa shape index (κ2) is 6.23. The molecular weight excluding hydrogens is 214 g/mol. The summed E-state index contributed by atoms with van der Waals surface area (Å²) in [6.07, 6.45) is 1.65. The van der Waals surface area contributed by atoms with E-state index in [9.17, 15) is 4.79 Å². The smallest absolute Gasteiger partial charge is 0.269 e. The molecule has 1 aromatic rings. The summed E-state index contributed by atoms with van der Waals surface area (Å²) in [5, 5.41) is 5.89. The zero-order valence-corrected chi connectivity index (χ0v) is 10.9. The predicted octanol–water partition coefficient (Wildman–Crippen LogP) is 2.15. The van der Waals surface area contributed by atoms with Crippen molar-refractivity contribution in [2.24, 2.45) is 11.8 Å². The minimum atomic E-state index is -0.162. The van der Waals surface area contributed by atoms with E-state index in [-0.39, 0.29) is 5.91 Å². The molecule has 1 heterocycles. The fraction of sp³-hybridized carbons (Fsp3) is 0.538. The van der Waals surface area contributed by atoms with Crippen LogP contribution in [0.2, 0.25) is 0 Å². The van der Waals surface area contributed by atoms with Gasteiger partial charge in [0.2, 0.25) is 0 Å². The number of anilines is 1. The Morgan fingerprint density at radius 1 is 1.41 bits per heavy atom. The van der Waals surface area contributed by atoms with Crippen LogP contribution in [0.5, 0.6) is 0 Å². The van der Waals surface area contributed by atoms with Gasteiger partial charge in [-0.3, -0.25) is 9.78 Å². The van der Waals surface area contributed by atoms with Crippen molar-refractivity contribution < 1.29 is 4.79 Å². The van der Waals surface area contributed by atoms with E-state index < -0.39 is 0 Å². The molecule has 0 bridgehead atoms. The Labute approximate surface area is 103 Å². The number of hydrogen-bond acceptors (Lipinski definition) is 3. The lowest BCUT2D eigenvalue weighted by molar-refractivity contribution is 0.0958. The molecule has 0 aromatic carbocycles. The van der Waals surface area contributed by atoms with Crippen LogP contribution in [0.3, 0.4) is 0 Å². The van der Waals surface area contributed by atoms with Gasteiger partial charge in [0.05, 0.1) is 0 Å². The van der Waals surface area contributed by atoms with E-state index in [2.05, 4.69) is 36.4 Å². The number of carbonyl (C=O) groups is 1. The molecule has 0 aliphatic rings. The summed E-state index contributed by atoms with van der Waals surface area (Å²) < 4.78 is 0. The van der Waals surface area contributed by atoms with Gasteiger partial charge in [0.1, 0.15) is 5.69 Å². The van der Waals surface area contributed by atoms with E-state index >= 15 is 0 Å². The first-order chi connectivity index (χ1) is 8.04. The molecule has 0 spiro atoms. The lowest BCUT2D eigenvalue weighted by atomic mass is 9.98. The van der Waals surface area contributed by atoms with Crippen LogP contribution in [-0.2, 0) is 0 Å². The van der Waals surface area contributed by atoms with E-state index in [1.807, 2.05) is 6.07 Å².